The lowest BCUT2D eigenvalue weighted by Crippen LogP contribution is -2.22. The zero-order valence-corrected chi connectivity index (χ0v) is 13.0. The van der Waals surface area contributed by atoms with E-state index in [9.17, 15) is 14.0 Å². The summed E-state index contributed by atoms with van der Waals surface area (Å²) in [6.45, 7) is -0.0310. The highest BCUT2D eigenvalue weighted by atomic mass is 35.5. The van der Waals surface area contributed by atoms with E-state index in [1.165, 1.54) is 34.3 Å². The number of benzene rings is 2. The summed E-state index contributed by atoms with van der Waals surface area (Å²) in [5, 5.41) is 9.85. The van der Waals surface area contributed by atoms with Crippen LogP contribution in [0.1, 0.15) is 15.9 Å². The standard InChI is InChI=1S/C17H12ClFN2O3/c18-14-2-1-3-15(19)13(14)9-21-7-6-10-4-5-11(16(22)20-24)8-12(10)17(21)23/h1-8,24H,9H2,(H,20,22). The summed E-state index contributed by atoms with van der Waals surface area (Å²) in [6, 6.07) is 10.5. The highest BCUT2D eigenvalue weighted by Gasteiger charge is 2.12. The number of carbonyl (C=O) groups excluding carboxylic acids is 1. The Hall–Kier alpha value is -2.70. The molecule has 0 fully saturated rings. The predicted molar refractivity (Wildman–Crippen MR) is 88.0 cm³/mol. The molecule has 2 aromatic carbocycles. The number of hydroxylamine groups is 1. The van der Waals surface area contributed by atoms with Gasteiger partial charge in [-0.3, -0.25) is 14.8 Å². The number of amides is 1. The molecule has 3 aromatic rings. The van der Waals surface area contributed by atoms with Crippen LogP contribution in [-0.2, 0) is 6.54 Å². The normalized spacial score (nSPS) is 10.8. The number of nitrogens with one attached hydrogen (secondary N) is 1. The number of rotatable bonds is 3. The van der Waals surface area contributed by atoms with Gasteiger partial charge in [0.1, 0.15) is 5.82 Å². The minimum Gasteiger partial charge on any atom is -0.310 e. The summed E-state index contributed by atoms with van der Waals surface area (Å²) < 4.78 is 15.2. The maximum absolute atomic E-state index is 13.9. The largest absolute Gasteiger partial charge is 0.310 e. The number of hydrogen-bond acceptors (Lipinski definition) is 3. The maximum Gasteiger partial charge on any atom is 0.274 e. The molecule has 0 spiro atoms. The van der Waals surface area contributed by atoms with E-state index in [1.54, 1.807) is 24.4 Å². The van der Waals surface area contributed by atoms with E-state index in [2.05, 4.69) is 0 Å². The molecule has 1 amide bonds. The van der Waals surface area contributed by atoms with Gasteiger partial charge in [-0.25, -0.2) is 9.87 Å². The van der Waals surface area contributed by atoms with Gasteiger partial charge in [-0.05, 0) is 35.7 Å². The number of nitrogens with zero attached hydrogens (tertiary/aromatic N) is 1. The average Bonchev–Trinajstić information content (AvgIpc) is 2.59. The Morgan fingerprint density at radius 2 is 2.04 bits per heavy atom. The molecule has 0 aliphatic carbocycles. The SMILES string of the molecule is O=C(NO)c1ccc2ccn(Cc3c(F)cccc3Cl)c(=O)c2c1. The van der Waals surface area contributed by atoms with E-state index in [0.29, 0.717) is 5.39 Å². The monoisotopic (exact) mass is 346 g/mol. The van der Waals surface area contributed by atoms with Gasteiger partial charge in [-0.2, -0.15) is 0 Å². The van der Waals surface area contributed by atoms with E-state index < -0.39 is 11.7 Å². The molecule has 0 unspecified atom stereocenters. The molecule has 24 heavy (non-hydrogen) atoms. The smallest absolute Gasteiger partial charge is 0.274 e. The van der Waals surface area contributed by atoms with E-state index in [0.717, 1.165) is 0 Å². The number of pyridine rings is 1. The fourth-order valence-electron chi connectivity index (χ4n) is 2.46. The second kappa shape index (κ2) is 6.43. The van der Waals surface area contributed by atoms with Crippen molar-refractivity contribution in [1.82, 2.24) is 10.0 Å². The fraction of sp³-hybridized carbons (Fsp3) is 0.0588. The van der Waals surface area contributed by atoms with Crippen molar-refractivity contribution in [2.45, 2.75) is 6.54 Å². The number of halogens is 2. The van der Waals surface area contributed by atoms with Crippen molar-refractivity contribution in [2.75, 3.05) is 0 Å². The minimum absolute atomic E-state index is 0.0310. The average molecular weight is 347 g/mol. The van der Waals surface area contributed by atoms with Gasteiger partial charge < -0.3 is 4.57 Å². The molecular weight excluding hydrogens is 335 g/mol. The van der Waals surface area contributed by atoms with Crippen LogP contribution in [0.2, 0.25) is 5.02 Å². The van der Waals surface area contributed by atoms with E-state index in [-0.39, 0.29) is 33.6 Å². The van der Waals surface area contributed by atoms with Crippen molar-refractivity contribution in [1.29, 1.82) is 0 Å². The van der Waals surface area contributed by atoms with Gasteiger partial charge >= 0.3 is 0 Å². The molecule has 0 radical (unpaired) electrons. The van der Waals surface area contributed by atoms with Crippen LogP contribution >= 0.6 is 11.6 Å². The number of fused-ring (bicyclic) bond motifs is 1. The number of hydrogen-bond donors (Lipinski definition) is 2. The summed E-state index contributed by atoms with van der Waals surface area (Å²) in [5.41, 5.74) is 1.49. The van der Waals surface area contributed by atoms with Crippen molar-refractivity contribution >= 4 is 28.3 Å². The van der Waals surface area contributed by atoms with Crippen LogP contribution in [0.15, 0.2) is 53.5 Å². The minimum atomic E-state index is -0.719. The Balaban J connectivity index is 2.11. The van der Waals surface area contributed by atoms with Crippen LogP contribution in [0, 0.1) is 5.82 Å². The fourth-order valence-corrected chi connectivity index (χ4v) is 2.69. The van der Waals surface area contributed by atoms with E-state index in [4.69, 9.17) is 16.8 Å². The topological polar surface area (TPSA) is 71.3 Å². The van der Waals surface area contributed by atoms with Crippen molar-refractivity contribution in [3.05, 3.63) is 81.0 Å². The number of carbonyl (C=O) groups is 1. The lowest BCUT2D eigenvalue weighted by molar-refractivity contribution is 0.0706. The summed E-state index contributed by atoms with van der Waals surface area (Å²) in [6.07, 6.45) is 1.54. The Kier molecular flexibility index (Phi) is 4.33. The molecule has 3 rings (SSSR count). The lowest BCUT2D eigenvalue weighted by Gasteiger charge is -2.10. The summed E-state index contributed by atoms with van der Waals surface area (Å²) in [7, 11) is 0. The van der Waals surface area contributed by atoms with Crippen LogP contribution < -0.4 is 11.0 Å². The Morgan fingerprint density at radius 1 is 1.25 bits per heavy atom. The third-order valence-corrected chi connectivity index (χ3v) is 4.09. The second-order valence-corrected chi connectivity index (χ2v) is 5.60. The van der Waals surface area contributed by atoms with Crippen LogP contribution in [0.25, 0.3) is 10.8 Å². The highest BCUT2D eigenvalue weighted by molar-refractivity contribution is 6.31. The van der Waals surface area contributed by atoms with Gasteiger partial charge in [-0.1, -0.05) is 23.7 Å². The summed E-state index contributed by atoms with van der Waals surface area (Å²) >= 11 is 6.00. The molecule has 0 bridgehead atoms. The first-order chi connectivity index (χ1) is 11.5. The Morgan fingerprint density at radius 3 is 2.75 bits per heavy atom. The third-order valence-electron chi connectivity index (χ3n) is 3.73. The second-order valence-electron chi connectivity index (χ2n) is 5.19. The van der Waals surface area contributed by atoms with Crippen LogP contribution in [0.4, 0.5) is 4.39 Å². The van der Waals surface area contributed by atoms with Crippen LogP contribution in [0.5, 0.6) is 0 Å². The molecule has 0 aliphatic rings. The van der Waals surface area contributed by atoms with Gasteiger partial charge in [0.15, 0.2) is 0 Å². The lowest BCUT2D eigenvalue weighted by atomic mass is 10.1. The summed E-state index contributed by atoms with van der Waals surface area (Å²) in [5.74, 6) is -1.22. The first kappa shape index (κ1) is 16.2. The molecule has 0 aliphatic heterocycles. The Bertz CT molecular complexity index is 981. The molecular formula is C17H12ClFN2O3. The van der Waals surface area contributed by atoms with E-state index >= 15 is 0 Å². The van der Waals surface area contributed by atoms with Gasteiger partial charge in [-0.15, -0.1) is 0 Å². The van der Waals surface area contributed by atoms with Crippen LogP contribution in [0.3, 0.4) is 0 Å². The van der Waals surface area contributed by atoms with Gasteiger partial charge in [0.2, 0.25) is 0 Å². The summed E-state index contributed by atoms with van der Waals surface area (Å²) in [4.78, 5) is 24.1. The van der Waals surface area contributed by atoms with Gasteiger partial charge in [0.05, 0.1) is 6.54 Å². The third kappa shape index (κ3) is 2.89. The van der Waals surface area contributed by atoms with Crippen molar-refractivity contribution in [3.8, 4) is 0 Å². The highest BCUT2D eigenvalue weighted by Crippen LogP contribution is 2.20. The van der Waals surface area contributed by atoms with E-state index in [1.807, 2.05) is 0 Å². The number of aromatic nitrogens is 1. The van der Waals surface area contributed by atoms with Crippen LogP contribution in [-0.4, -0.2) is 15.7 Å². The molecule has 2 N–H and O–H groups in total. The quantitative estimate of drug-likeness (QED) is 0.566. The first-order valence-electron chi connectivity index (χ1n) is 7.02. The molecule has 122 valence electrons. The molecule has 0 saturated carbocycles. The predicted octanol–water partition coefficient (Wildman–Crippen LogP) is 2.96. The zero-order valence-electron chi connectivity index (χ0n) is 12.3. The zero-order chi connectivity index (χ0) is 17.3. The molecule has 0 atom stereocenters. The van der Waals surface area contributed by atoms with Crippen molar-refractivity contribution < 1.29 is 14.4 Å². The molecule has 0 saturated heterocycles. The van der Waals surface area contributed by atoms with Crippen molar-refractivity contribution in [3.63, 3.8) is 0 Å². The maximum atomic E-state index is 13.9. The molecule has 1 aromatic heterocycles. The van der Waals surface area contributed by atoms with Gasteiger partial charge in [0.25, 0.3) is 11.5 Å². The molecule has 5 nitrogen and oxygen atoms in total. The van der Waals surface area contributed by atoms with Gasteiger partial charge in [0, 0.05) is 27.7 Å². The van der Waals surface area contributed by atoms with Crippen molar-refractivity contribution in [2.24, 2.45) is 0 Å². The molecule has 1 heterocycles. The Labute approximate surface area is 140 Å². The first-order valence-corrected chi connectivity index (χ1v) is 7.39. The molecule has 7 heteroatoms.